The second-order valence-corrected chi connectivity index (χ2v) is 7.24. The summed E-state index contributed by atoms with van der Waals surface area (Å²) in [5.74, 6) is 1.39. The Kier molecular flexibility index (Phi) is 5.05. The normalized spacial score (nSPS) is 16.2. The van der Waals surface area contributed by atoms with Crippen molar-refractivity contribution in [1.29, 1.82) is 0 Å². The Morgan fingerprint density at radius 2 is 1.80 bits per heavy atom. The highest BCUT2D eigenvalue weighted by Crippen LogP contribution is 2.47. The van der Waals surface area contributed by atoms with Gasteiger partial charge in [0.15, 0.2) is 11.5 Å². The van der Waals surface area contributed by atoms with Crippen molar-refractivity contribution < 1.29 is 19.1 Å². The Morgan fingerprint density at radius 1 is 1.12 bits per heavy atom. The number of hydrogen-bond acceptors (Lipinski definition) is 7. The van der Waals surface area contributed by atoms with Crippen molar-refractivity contribution in [3.8, 4) is 11.5 Å². The lowest BCUT2D eigenvalue weighted by molar-refractivity contribution is 0.0661. The van der Waals surface area contributed by atoms with Gasteiger partial charge in [-0.15, -0.1) is 17.5 Å². The lowest BCUT2D eigenvalue weighted by atomic mass is 9.56. The molecule has 3 rings (SSSR count). The summed E-state index contributed by atoms with van der Waals surface area (Å²) in [5.41, 5.74) is 5.98. The molecule has 0 amide bonds. The monoisotopic (exact) mass is 369 g/mol. The van der Waals surface area contributed by atoms with Crippen LogP contribution in [-0.2, 0) is 10.8 Å². The highest BCUT2D eigenvalue weighted by molar-refractivity contribution is 5.85. The Hall–Kier alpha value is -1.83. The summed E-state index contributed by atoms with van der Waals surface area (Å²) in [7, 11) is 0. The minimum absolute atomic E-state index is 0. The molecular formula is C17H24ClN3O4. The van der Waals surface area contributed by atoms with Crippen LogP contribution in [0.4, 0.5) is 0 Å². The van der Waals surface area contributed by atoms with E-state index in [1.54, 1.807) is 0 Å². The SMILES string of the molecule is CC(C)(c1ccc2c(c1)OCO2)[C@@](N)(CO)C(C)(C)c1conn1.Cl. The Balaban J connectivity index is 0.00000225. The van der Waals surface area contributed by atoms with E-state index >= 15 is 0 Å². The van der Waals surface area contributed by atoms with Crippen molar-refractivity contribution in [2.24, 2.45) is 5.73 Å². The second-order valence-electron chi connectivity index (χ2n) is 7.24. The summed E-state index contributed by atoms with van der Waals surface area (Å²) in [6.45, 7) is 7.82. The summed E-state index contributed by atoms with van der Waals surface area (Å²) >= 11 is 0. The zero-order valence-electron chi connectivity index (χ0n) is 14.8. The van der Waals surface area contributed by atoms with Gasteiger partial charge in [-0.05, 0) is 17.7 Å². The smallest absolute Gasteiger partial charge is 0.231 e. The molecule has 1 aliphatic heterocycles. The van der Waals surface area contributed by atoms with Gasteiger partial charge in [-0.1, -0.05) is 33.8 Å². The highest BCUT2D eigenvalue weighted by atomic mass is 35.5. The number of benzene rings is 1. The minimum atomic E-state index is -1.04. The van der Waals surface area contributed by atoms with Gasteiger partial charge in [-0.25, -0.2) is 0 Å². The molecule has 3 N–H and O–H groups in total. The van der Waals surface area contributed by atoms with Crippen LogP contribution >= 0.6 is 12.4 Å². The fourth-order valence-electron chi connectivity index (χ4n) is 3.38. The molecule has 1 aliphatic rings. The molecule has 0 unspecified atom stereocenters. The lowest BCUT2D eigenvalue weighted by Crippen LogP contribution is -2.68. The molecule has 0 saturated heterocycles. The van der Waals surface area contributed by atoms with Crippen LogP contribution < -0.4 is 15.2 Å². The van der Waals surface area contributed by atoms with E-state index in [9.17, 15) is 5.11 Å². The maximum Gasteiger partial charge on any atom is 0.231 e. The average Bonchev–Trinajstić information content (AvgIpc) is 3.23. The molecule has 0 fully saturated rings. The third-order valence-corrected chi connectivity index (χ3v) is 5.57. The summed E-state index contributed by atoms with van der Waals surface area (Å²) in [6.07, 6.45) is 1.47. The largest absolute Gasteiger partial charge is 0.454 e. The number of hydrogen-bond donors (Lipinski definition) is 2. The molecular weight excluding hydrogens is 346 g/mol. The molecule has 0 radical (unpaired) electrons. The quantitative estimate of drug-likeness (QED) is 0.832. The number of aliphatic hydroxyl groups excluding tert-OH is 1. The molecule has 7 nitrogen and oxygen atoms in total. The molecule has 1 aromatic carbocycles. The highest BCUT2D eigenvalue weighted by Gasteiger charge is 2.55. The zero-order valence-corrected chi connectivity index (χ0v) is 15.6. The Morgan fingerprint density at radius 3 is 2.40 bits per heavy atom. The van der Waals surface area contributed by atoms with Crippen molar-refractivity contribution >= 4 is 12.4 Å². The van der Waals surface area contributed by atoms with E-state index in [1.807, 2.05) is 45.9 Å². The number of aliphatic hydroxyl groups is 1. The van der Waals surface area contributed by atoms with Crippen LogP contribution in [0.1, 0.15) is 39.0 Å². The van der Waals surface area contributed by atoms with Crippen LogP contribution in [0, 0.1) is 0 Å². The van der Waals surface area contributed by atoms with Gasteiger partial charge < -0.3 is 24.8 Å². The molecule has 0 spiro atoms. The van der Waals surface area contributed by atoms with Gasteiger partial charge in [-0.2, -0.15) is 0 Å². The molecule has 25 heavy (non-hydrogen) atoms. The van der Waals surface area contributed by atoms with Gasteiger partial charge in [0.05, 0.1) is 12.1 Å². The van der Waals surface area contributed by atoms with E-state index in [0.717, 1.165) is 5.56 Å². The van der Waals surface area contributed by atoms with Crippen molar-refractivity contribution in [3.05, 3.63) is 35.7 Å². The number of fused-ring (bicyclic) bond motifs is 1. The minimum Gasteiger partial charge on any atom is -0.454 e. The predicted octanol–water partition coefficient (Wildman–Crippen LogP) is 2.17. The van der Waals surface area contributed by atoms with E-state index in [0.29, 0.717) is 17.2 Å². The van der Waals surface area contributed by atoms with Crippen LogP contribution in [0.2, 0.25) is 0 Å². The number of halogens is 1. The predicted molar refractivity (Wildman–Crippen MR) is 94.2 cm³/mol. The van der Waals surface area contributed by atoms with Crippen molar-refractivity contribution in [2.75, 3.05) is 13.4 Å². The van der Waals surface area contributed by atoms with E-state index in [1.165, 1.54) is 6.26 Å². The molecule has 0 saturated carbocycles. The third kappa shape index (κ3) is 2.76. The van der Waals surface area contributed by atoms with E-state index in [4.69, 9.17) is 19.7 Å². The summed E-state index contributed by atoms with van der Waals surface area (Å²) in [5, 5.41) is 17.8. The number of rotatable bonds is 5. The molecule has 2 heterocycles. The molecule has 8 heteroatoms. The zero-order chi connectivity index (χ0) is 17.6. The first-order valence-corrected chi connectivity index (χ1v) is 7.81. The van der Waals surface area contributed by atoms with Crippen molar-refractivity contribution in [1.82, 2.24) is 10.4 Å². The summed E-state index contributed by atoms with van der Waals surface area (Å²) in [6, 6.07) is 5.72. The van der Waals surface area contributed by atoms with Crippen LogP contribution in [0.5, 0.6) is 11.5 Å². The van der Waals surface area contributed by atoms with Crippen molar-refractivity contribution in [3.63, 3.8) is 0 Å². The lowest BCUT2D eigenvalue weighted by Gasteiger charge is -2.52. The average molecular weight is 370 g/mol. The molecule has 0 bridgehead atoms. The summed E-state index contributed by atoms with van der Waals surface area (Å²) in [4.78, 5) is 0. The van der Waals surface area contributed by atoms with Crippen LogP contribution in [-0.4, -0.2) is 34.4 Å². The van der Waals surface area contributed by atoms with Crippen LogP contribution in [0.3, 0.4) is 0 Å². The van der Waals surface area contributed by atoms with Crippen LogP contribution in [0.25, 0.3) is 0 Å². The molecule has 2 aromatic rings. The fraction of sp³-hybridized carbons (Fsp3) is 0.529. The van der Waals surface area contributed by atoms with Gasteiger partial charge in [0, 0.05) is 16.1 Å². The maximum absolute atomic E-state index is 10.3. The first kappa shape index (κ1) is 19.5. The van der Waals surface area contributed by atoms with Gasteiger partial charge in [0.25, 0.3) is 0 Å². The first-order chi connectivity index (χ1) is 11.2. The third-order valence-electron chi connectivity index (χ3n) is 5.57. The topological polar surface area (TPSA) is 104 Å². The summed E-state index contributed by atoms with van der Waals surface area (Å²) < 4.78 is 15.7. The van der Waals surface area contributed by atoms with Gasteiger partial charge in [-0.3, -0.25) is 0 Å². The Labute approximate surface area is 152 Å². The molecule has 1 atom stereocenters. The molecule has 1 aromatic heterocycles. The van der Waals surface area contributed by atoms with Crippen molar-refractivity contribution in [2.45, 2.75) is 44.1 Å². The van der Waals surface area contributed by atoms with Gasteiger partial charge >= 0.3 is 0 Å². The van der Waals surface area contributed by atoms with Gasteiger partial charge in [0.1, 0.15) is 12.0 Å². The Bertz CT molecular complexity index is 733. The van der Waals surface area contributed by atoms with E-state index in [-0.39, 0.29) is 25.8 Å². The number of ether oxygens (including phenoxy) is 2. The maximum atomic E-state index is 10.3. The van der Waals surface area contributed by atoms with Gasteiger partial charge in [0.2, 0.25) is 6.79 Å². The standard InChI is InChI=1S/C17H23N3O4.ClH/c1-15(2,11-5-6-12-13(7-11)23-10-22-12)17(18,9-21)16(3,4)14-8-24-20-19-14;/h5-8,21H,9-10,18H2,1-4H3;1H/t17-;/m0./s1. The van der Waals surface area contributed by atoms with E-state index in [2.05, 4.69) is 10.4 Å². The molecule has 138 valence electrons. The molecule has 0 aliphatic carbocycles. The number of aromatic nitrogens is 2. The van der Waals surface area contributed by atoms with E-state index < -0.39 is 16.4 Å². The number of nitrogens with two attached hydrogens (primary N) is 1. The first-order valence-electron chi connectivity index (χ1n) is 7.81. The fourth-order valence-corrected chi connectivity index (χ4v) is 3.38. The van der Waals surface area contributed by atoms with Crippen LogP contribution in [0.15, 0.2) is 29.0 Å². The second kappa shape index (κ2) is 6.48. The number of nitrogens with zero attached hydrogens (tertiary/aromatic N) is 2.